The number of hydrogen-bond acceptors (Lipinski definition) is 3. The van der Waals surface area contributed by atoms with Crippen molar-refractivity contribution in [2.75, 3.05) is 11.9 Å². The summed E-state index contributed by atoms with van der Waals surface area (Å²) in [6.45, 7) is 0.876. The number of allylic oxidation sites excluding steroid dienone is 1. The molecule has 1 aromatic carbocycles. The Morgan fingerprint density at radius 3 is 2.47 bits per heavy atom. The monoisotopic (exact) mass is 280 g/mol. The second-order valence-corrected chi connectivity index (χ2v) is 6.42. The summed E-state index contributed by atoms with van der Waals surface area (Å²) in [6, 6.07) is 6.54. The molecule has 4 nitrogen and oxygen atoms in total. The van der Waals surface area contributed by atoms with Gasteiger partial charge in [0.25, 0.3) is 0 Å². The summed E-state index contributed by atoms with van der Waals surface area (Å²) >= 11 is 0. The Hall–Kier alpha value is -1.33. The SMILES string of the molecule is NS(=O)(=O)c1ccc(NCCC2=CCCCC2)cc1. The van der Waals surface area contributed by atoms with Crippen LogP contribution in [0.5, 0.6) is 0 Å². The van der Waals surface area contributed by atoms with Crippen molar-refractivity contribution < 1.29 is 8.42 Å². The molecule has 0 aromatic heterocycles. The minimum atomic E-state index is -3.59. The van der Waals surface area contributed by atoms with Crippen LogP contribution in [0.2, 0.25) is 0 Å². The number of primary sulfonamides is 1. The summed E-state index contributed by atoms with van der Waals surface area (Å²) in [7, 11) is -3.59. The third kappa shape index (κ3) is 4.36. The topological polar surface area (TPSA) is 72.2 Å². The van der Waals surface area contributed by atoms with Gasteiger partial charge in [0.1, 0.15) is 0 Å². The Kier molecular flexibility index (Phi) is 4.61. The van der Waals surface area contributed by atoms with Crippen molar-refractivity contribution >= 4 is 15.7 Å². The highest BCUT2D eigenvalue weighted by molar-refractivity contribution is 7.89. The van der Waals surface area contributed by atoms with Crippen LogP contribution in [0.15, 0.2) is 40.8 Å². The second-order valence-electron chi connectivity index (χ2n) is 4.85. The van der Waals surface area contributed by atoms with Crippen molar-refractivity contribution in [2.45, 2.75) is 37.0 Å². The zero-order valence-electron chi connectivity index (χ0n) is 10.9. The number of anilines is 1. The van der Waals surface area contributed by atoms with E-state index in [9.17, 15) is 8.42 Å². The van der Waals surface area contributed by atoms with E-state index < -0.39 is 10.0 Å². The van der Waals surface area contributed by atoms with Gasteiger partial charge in [-0.25, -0.2) is 13.6 Å². The van der Waals surface area contributed by atoms with Crippen LogP contribution in [0.1, 0.15) is 32.1 Å². The lowest BCUT2D eigenvalue weighted by Gasteiger charge is -2.13. The molecule has 19 heavy (non-hydrogen) atoms. The molecule has 104 valence electrons. The molecule has 1 aromatic rings. The van der Waals surface area contributed by atoms with Gasteiger partial charge < -0.3 is 5.32 Å². The minimum absolute atomic E-state index is 0.146. The molecular weight excluding hydrogens is 260 g/mol. The van der Waals surface area contributed by atoms with Crippen LogP contribution < -0.4 is 10.5 Å². The molecule has 2 rings (SSSR count). The summed E-state index contributed by atoms with van der Waals surface area (Å²) < 4.78 is 22.2. The summed E-state index contributed by atoms with van der Waals surface area (Å²) in [4.78, 5) is 0.146. The van der Waals surface area contributed by atoms with Gasteiger partial charge in [0.2, 0.25) is 10.0 Å². The van der Waals surface area contributed by atoms with E-state index in [4.69, 9.17) is 5.14 Å². The van der Waals surface area contributed by atoms with Crippen LogP contribution >= 0.6 is 0 Å². The lowest BCUT2D eigenvalue weighted by atomic mass is 9.97. The van der Waals surface area contributed by atoms with Crippen molar-refractivity contribution in [3.63, 3.8) is 0 Å². The smallest absolute Gasteiger partial charge is 0.238 e. The van der Waals surface area contributed by atoms with Crippen LogP contribution in [0.4, 0.5) is 5.69 Å². The average molecular weight is 280 g/mol. The van der Waals surface area contributed by atoms with E-state index in [1.54, 1.807) is 12.1 Å². The number of benzene rings is 1. The lowest BCUT2D eigenvalue weighted by molar-refractivity contribution is 0.598. The highest BCUT2D eigenvalue weighted by Gasteiger charge is 2.07. The van der Waals surface area contributed by atoms with Gasteiger partial charge in [-0.2, -0.15) is 0 Å². The first-order valence-electron chi connectivity index (χ1n) is 6.60. The van der Waals surface area contributed by atoms with E-state index in [1.807, 2.05) is 0 Å². The quantitative estimate of drug-likeness (QED) is 0.814. The Morgan fingerprint density at radius 1 is 1.16 bits per heavy atom. The molecule has 0 aliphatic heterocycles. The molecule has 1 aliphatic rings. The number of hydrogen-bond donors (Lipinski definition) is 2. The van der Waals surface area contributed by atoms with Gasteiger partial charge in [0.05, 0.1) is 4.90 Å². The van der Waals surface area contributed by atoms with Crippen molar-refractivity contribution in [1.29, 1.82) is 0 Å². The van der Waals surface area contributed by atoms with Crippen LogP contribution in [-0.4, -0.2) is 15.0 Å². The molecule has 0 radical (unpaired) electrons. The van der Waals surface area contributed by atoms with Crippen molar-refractivity contribution in [2.24, 2.45) is 5.14 Å². The molecule has 3 N–H and O–H groups in total. The summed E-state index contributed by atoms with van der Waals surface area (Å²) in [5.74, 6) is 0. The number of nitrogens with two attached hydrogens (primary N) is 1. The maximum absolute atomic E-state index is 11.1. The van der Waals surface area contributed by atoms with Crippen LogP contribution in [0, 0.1) is 0 Å². The number of nitrogens with one attached hydrogen (secondary N) is 1. The van der Waals surface area contributed by atoms with E-state index in [0.29, 0.717) is 0 Å². The normalized spacial score (nSPS) is 15.9. The molecule has 0 heterocycles. The van der Waals surface area contributed by atoms with E-state index in [0.717, 1.165) is 18.7 Å². The maximum atomic E-state index is 11.1. The predicted molar refractivity (Wildman–Crippen MR) is 77.5 cm³/mol. The van der Waals surface area contributed by atoms with Crippen LogP contribution in [-0.2, 0) is 10.0 Å². The Morgan fingerprint density at radius 2 is 1.89 bits per heavy atom. The fraction of sp³-hybridized carbons (Fsp3) is 0.429. The van der Waals surface area contributed by atoms with Gasteiger partial charge in [-0.15, -0.1) is 0 Å². The largest absolute Gasteiger partial charge is 0.385 e. The summed E-state index contributed by atoms with van der Waals surface area (Å²) in [6.07, 6.45) is 8.43. The molecular formula is C14H20N2O2S. The third-order valence-electron chi connectivity index (χ3n) is 3.34. The molecule has 0 amide bonds. The van der Waals surface area contributed by atoms with Gasteiger partial charge in [0, 0.05) is 12.2 Å². The van der Waals surface area contributed by atoms with Gasteiger partial charge >= 0.3 is 0 Å². The van der Waals surface area contributed by atoms with Crippen LogP contribution in [0.25, 0.3) is 0 Å². The molecule has 0 saturated heterocycles. The van der Waals surface area contributed by atoms with Crippen molar-refractivity contribution in [3.8, 4) is 0 Å². The average Bonchev–Trinajstić information content (AvgIpc) is 2.39. The molecule has 0 spiro atoms. The summed E-state index contributed by atoms with van der Waals surface area (Å²) in [5, 5.41) is 8.34. The molecule has 0 bridgehead atoms. The first-order valence-corrected chi connectivity index (χ1v) is 8.15. The first kappa shape index (κ1) is 14.1. The minimum Gasteiger partial charge on any atom is -0.385 e. The zero-order chi connectivity index (χ0) is 13.7. The van der Waals surface area contributed by atoms with Crippen molar-refractivity contribution in [1.82, 2.24) is 0 Å². The number of sulfonamides is 1. The highest BCUT2D eigenvalue weighted by Crippen LogP contribution is 2.20. The zero-order valence-corrected chi connectivity index (χ0v) is 11.7. The molecule has 0 fully saturated rings. The second kappa shape index (κ2) is 6.21. The van der Waals surface area contributed by atoms with Gasteiger partial charge in [-0.1, -0.05) is 11.6 Å². The van der Waals surface area contributed by atoms with E-state index in [1.165, 1.54) is 43.4 Å². The van der Waals surface area contributed by atoms with Crippen molar-refractivity contribution in [3.05, 3.63) is 35.9 Å². The first-order chi connectivity index (χ1) is 9.05. The standard InChI is InChI=1S/C14H20N2O2S/c15-19(17,18)14-8-6-13(7-9-14)16-11-10-12-4-2-1-3-5-12/h4,6-9,16H,1-3,5,10-11H2,(H2,15,17,18). The molecule has 0 saturated carbocycles. The molecule has 1 aliphatic carbocycles. The van der Waals surface area contributed by atoms with Gasteiger partial charge in [-0.05, 0) is 56.4 Å². The van der Waals surface area contributed by atoms with Gasteiger partial charge in [0.15, 0.2) is 0 Å². The lowest BCUT2D eigenvalue weighted by Crippen LogP contribution is -2.12. The predicted octanol–water partition coefficient (Wildman–Crippen LogP) is 2.64. The Balaban J connectivity index is 1.85. The maximum Gasteiger partial charge on any atom is 0.238 e. The molecule has 0 atom stereocenters. The Labute approximate surface area is 114 Å². The van der Waals surface area contributed by atoms with Crippen LogP contribution in [0.3, 0.4) is 0 Å². The third-order valence-corrected chi connectivity index (χ3v) is 4.27. The van der Waals surface area contributed by atoms with E-state index >= 15 is 0 Å². The molecule has 0 unspecified atom stereocenters. The molecule has 5 heteroatoms. The fourth-order valence-electron chi connectivity index (χ4n) is 2.26. The van der Waals surface area contributed by atoms with E-state index in [2.05, 4.69) is 11.4 Å². The Bertz CT molecular complexity index is 547. The summed E-state index contributed by atoms with van der Waals surface area (Å²) in [5.41, 5.74) is 2.45. The fourth-order valence-corrected chi connectivity index (χ4v) is 2.78. The van der Waals surface area contributed by atoms with E-state index in [-0.39, 0.29) is 4.90 Å². The number of rotatable bonds is 5. The van der Waals surface area contributed by atoms with Gasteiger partial charge in [-0.3, -0.25) is 0 Å². The highest BCUT2D eigenvalue weighted by atomic mass is 32.2.